The van der Waals surface area contributed by atoms with E-state index < -0.39 is 0 Å². The zero-order valence-corrected chi connectivity index (χ0v) is 12.7. The Morgan fingerprint density at radius 2 is 2.15 bits per heavy atom. The molecule has 0 amide bonds. The molecule has 1 aliphatic carbocycles. The molecule has 0 heterocycles. The van der Waals surface area contributed by atoms with Crippen molar-refractivity contribution in [2.24, 2.45) is 5.92 Å². The summed E-state index contributed by atoms with van der Waals surface area (Å²) in [5.41, 5.74) is 2.44. The highest BCUT2D eigenvalue weighted by Gasteiger charge is 2.22. The van der Waals surface area contributed by atoms with Crippen LogP contribution in [-0.2, 0) is 16.1 Å². The quantitative estimate of drug-likeness (QED) is 0.732. The van der Waals surface area contributed by atoms with Gasteiger partial charge in [-0.05, 0) is 42.9 Å². The van der Waals surface area contributed by atoms with E-state index in [0.29, 0.717) is 25.9 Å². The average Bonchev–Trinajstić information content (AvgIpc) is 2.92. The van der Waals surface area contributed by atoms with Crippen LogP contribution in [0.5, 0.6) is 0 Å². The fraction of sp³-hybridized carbons (Fsp3) is 0.647. The second-order valence-corrected chi connectivity index (χ2v) is 5.67. The summed E-state index contributed by atoms with van der Waals surface area (Å²) < 4.78 is 10.5. The molecule has 0 spiro atoms. The van der Waals surface area contributed by atoms with Gasteiger partial charge in [0.25, 0.3) is 0 Å². The molecule has 1 aromatic carbocycles. The maximum Gasteiger partial charge on any atom is 0.0718 e. The van der Waals surface area contributed by atoms with Gasteiger partial charge < -0.3 is 14.8 Å². The van der Waals surface area contributed by atoms with E-state index in [0.717, 1.165) is 5.92 Å². The van der Waals surface area contributed by atoms with E-state index >= 15 is 0 Å². The summed E-state index contributed by atoms with van der Waals surface area (Å²) in [7, 11) is 1.69. The van der Waals surface area contributed by atoms with E-state index in [2.05, 4.69) is 36.5 Å². The summed E-state index contributed by atoms with van der Waals surface area (Å²) in [5.74, 6) is 0.910. The molecule has 0 bridgehead atoms. The van der Waals surface area contributed by atoms with E-state index in [9.17, 15) is 0 Å². The molecule has 2 unspecified atom stereocenters. The van der Waals surface area contributed by atoms with Gasteiger partial charge >= 0.3 is 0 Å². The molecule has 0 aromatic heterocycles. The van der Waals surface area contributed by atoms with Crippen LogP contribution in [0.4, 0.5) is 5.69 Å². The zero-order valence-electron chi connectivity index (χ0n) is 12.7. The van der Waals surface area contributed by atoms with Crippen molar-refractivity contribution in [2.45, 2.75) is 45.3 Å². The molecule has 112 valence electrons. The largest absolute Gasteiger partial charge is 0.382 e. The maximum atomic E-state index is 5.57. The summed E-state index contributed by atoms with van der Waals surface area (Å²) in [4.78, 5) is 0. The Hall–Kier alpha value is -1.06. The Morgan fingerprint density at radius 3 is 2.90 bits per heavy atom. The molecule has 0 aliphatic heterocycles. The van der Waals surface area contributed by atoms with Gasteiger partial charge in [-0.25, -0.2) is 0 Å². The van der Waals surface area contributed by atoms with E-state index in [1.165, 1.54) is 36.9 Å². The summed E-state index contributed by atoms with van der Waals surface area (Å²) in [6, 6.07) is 9.21. The Labute approximate surface area is 122 Å². The number of hydrogen-bond acceptors (Lipinski definition) is 3. The summed E-state index contributed by atoms with van der Waals surface area (Å²) >= 11 is 0. The number of hydrogen-bond donors (Lipinski definition) is 1. The highest BCUT2D eigenvalue weighted by atomic mass is 16.5. The topological polar surface area (TPSA) is 30.5 Å². The van der Waals surface area contributed by atoms with Gasteiger partial charge in [0.15, 0.2) is 0 Å². The lowest BCUT2D eigenvalue weighted by Crippen LogP contribution is -2.15. The Balaban J connectivity index is 1.80. The molecule has 1 fully saturated rings. The van der Waals surface area contributed by atoms with Crippen molar-refractivity contribution in [2.75, 3.05) is 25.6 Å². The first kappa shape index (κ1) is 15.3. The normalized spacial score (nSPS) is 22.1. The van der Waals surface area contributed by atoms with Gasteiger partial charge in [0, 0.05) is 18.8 Å². The van der Waals surface area contributed by atoms with Crippen LogP contribution in [0, 0.1) is 5.92 Å². The van der Waals surface area contributed by atoms with E-state index in [-0.39, 0.29) is 0 Å². The smallest absolute Gasteiger partial charge is 0.0718 e. The van der Waals surface area contributed by atoms with Crippen LogP contribution in [0.1, 0.15) is 38.2 Å². The molecule has 1 N–H and O–H groups in total. The number of anilines is 1. The minimum Gasteiger partial charge on any atom is -0.382 e. The Bertz CT molecular complexity index is 394. The van der Waals surface area contributed by atoms with Crippen molar-refractivity contribution in [3.05, 3.63) is 29.8 Å². The first-order chi connectivity index (χ1) is 9.81. The van der Waals surface area contributed by atoms with Crippen LogP contribution >= 0.6 is 0 Å². The summed E-state index contributed by atoms with van der Waals surface area (Å²) in [6.45, 7) is 4.25. The van der Waals surface area contributed by atoms with Crippen LogP contribution in [-0.4, -0.2) is 26.4 Å². The maximum absolute atomic E-state index is 5.57. The number of methoxy groups -OCH3 is 1. The predicted octanol–water partition coefficient (Wildman–Crippen LogP) is 3.84. The van der Waals surface area contributed by atoms with Crippen molar-refractivity contribution < 1.29 is 9.47 Å². The van der Waals surface area contributed by atoms with Gasteiger partial charge in [-0.15, -0.1) is 0 Å². The molecule has 0 saturated heterocycles. The second kappa shape index (κ2) is 8.28. The Morgan fingerprint density at radius 1 is 1.25 bits per heavy atom. The molecule has 20 heavy (non-hydrogen) atoms. The molecule has 1 aromatic rings. The third kappa shape index (κ3) is 4.80. The number of benzene rings is 1. The van der Waals surface area contributed by atoms with Crippen molar-refractivity contribution >= 4 is 5.69 Å². The lowest BCUT2D eigenvalue weighted by atomic mass is 10.1. The fourth-order valence-corrected chi connectivity index (χ4v) is 2.90. The number of nitrogens with one attached hydrogen (secondary N) is 1. The number of rotatable bonds is 8. The van der Waals surface area contributed by atoms with Gasteiger partial charge in [-0.1, -0.05) is 25.5 Å². The van der Waals surface area contributed by atoms with Crippen molar-refractivity contribution in [1.29, 1.82) is 0 Å². The van der Waals surface area contributed by atoms with Gasteiger partial charge in [0.2, 0.25) is 0 Å². The van der Waals surface area contributed by atoms with Crippen molar-refractivity contribution in [3.8, 4) is 0 Å². The SMILES string of the molecule is CCC1CCC(Nc2cccc(COCCOC)c2)C1. The van der Waals surface area contributed by atoms with Gasteiger partial charge in [0.05, 0.1) is 19.8 Å². The van der Waals surface area contributed by atoms with Crippen LogP contribution in [0.15, 0.2) is 24.3 Å². The Kier molecular flexibility index (Phi) is 6.34. The van der Waals surface area contributed by atoms with Crippen LogP contribution in [0.3, 0.4) is 0 Å². The first-order valence-corrected chi connectivity index (χ1v) is 7.74. The van der Waals surface area contributed by atoms with Crippen molar-refractivity contribution in [3.63, 3.8) is 0 Å². The molecule has 2 rings (SSSR count). The molecule has 3 heteroatoms. The minimum atomic E-state index is 0.643. The van der Waals surface area contributed by atoms with Crippen molar-refractivity contribution in [1.82, 2.24) is 0 Å². The number of ether oxygens (including phenoxy) is 2. The summed E-state index contributed by atoms with van der Waals surface area (Å²) in [5, 5.41) is 3.67. The third-order valence-corrected chi connectivity index (χ3v) is 4.12. The van der Waals surface area contributed by atoms with Crippen LogP contribution < -0.4 is 5.32 Å². The molecule has 2 atom stereocenters. The minimum absolute atomic E-state index is 0.643. The van der Waals surface area contributed by atoms with Crippen LogP contribution in [0.25, 0.3) is 0 Å². The van der Waals surface area contributed by atoms with E-state index in [1.807, 2.05) is 0 Å². The molecule has 1 saturated carbocycles. The molecular formula is C17H27NO2. The lowest BCUT2D eigenvalue weighted by Gasteiger charge is -2.15. The van der Waals surface area contributed by atoms with E-state index in [1.54, 1.807) is 7.11 Å². The molecule has 0 radical (unpaired) electrons. The third-order valence-electron chi connectivity index (χ3n) is 4.12. The monoisotopic (exact) mass is 277 g/mol. The predicted molar refractivity (Wildman–Crippen MR) is 83.0 cm³/mol. The molecule has 3 nitrogen and oxygen atoms in total. The standard InChI is InChI=1S/C17H27NO2/c1-3-14-7-8-17(11-14)18-16-6-4-5-15(12-16)13-20-10-9-19-2/h4-6,12,14,17-18H,3,7-11,13H2,1-2H3. The highest BCUT2D eigenvalue weighted by Crippen LogP contribution is 2.30. The summed E-state index contributed by atoms with van der Waals surface area (Å²) in [6.07, 6.45) is 5.29. The van der Waals surface area contributed by atoms with Gasteiger partial charge in [-0.2, -0.15) is 0 Å². The highest BCUT2D eigenvalue weighted by molar-refractivity contribution is 5.46. The molecule has 1 aliphatic rings. The first-order valence-electron chi connectivity index (χ1n) is 7.74. The fourth-order valence-electron chi connectivity index (χ4n) is 2.90. The average molecular weight is 277 g/mol. The lowest BCUT2D eigenvalue weighted by molar-refractivity contribution is 0.0617. The van der Waals surface area contributed by atoms with Gasteiger partial charge in [-0.3, -0.25) is 0 Å². The zero-order chi connectivity index (χ0) is 14.2. The molecular weight excluding hydrogens is 250 g/mol. The van der Waals surface area contributed by atoms with E-state index in [4.69, 9.17) is 9.47 Å². The van der Waals surface area contributed by atoms with Crippen LogP contribution in [0.2, 0.25) is 0 Å². The van der Waals surface area contributed by atoms with Gasteiger partial charge in [0.1, 0.15) is 0 Å². The second-order valence-electron chi connectivity index (χ2n) is 5.67.